The van der Waals surface area contributed by atoms with E-state index in [4.69, 9.17) is 20.6 Å². The second-order valence-electron chi connectivity index (χ2n) is 7.19. The van der Waals surface area contributed by atoms with Gasteiger partial charge in [-0.25, -0.2) is 0 Å². The Morgan fingerprint density at radius 2 is 2.04 bits per heavy atom. The largest absolute Gasteiger partial charge is 0.381 e. The molecule has 2 fully saturated rings. The molecular weight excluding hydrogens is 300 g/mol. The SMILES string of the molecule is Cc1cccc(-c2cn(C3CC(CN)C3)nc2C2CCOCC2)n1. The fourth-order valence-electron chi connectivity index (χ4n) is 3.86. The van der Waals surface area contributed by atoms with Gasteiger partial charge in [-0.2, -0.15) is 5.10 Å². The number of nitrogens with two attached hydrogens (primary N) is 1. The molecule has 4 rings (SSSR count). The molecule has 0 bridgehead atoms. The maximum atomic E-state index is 5.78. The van der Waals surface area contributed by atoms with Crippen molar-refractivity contribution < 1.29 is 4.74 Å². The normalized spacial score (nSPS) is 24.8. The minimum Gasteiger partial charge on any atom is -0.381 e. The molecule has 2 aromatic rings. The number of nitrogens with zero attached hydrogens (tertiary/aromatic N) is 3. The van der Waals surface area contributed by atoms with Crippen molar-refractivity contribution in [3.63, 3.8) is 0 Å². The lowest BCUT2D eigenvalue weighted by Gasteiger charge is -2.34. The van der Waals surface area contributed by atoms with Gasteiger partial charge in [0.2, 0.25) is 0 Å². The number of rotatable bonds is 4. The van der Waals surface area contributed by atoms with E-state index in [1.54, 1.807) is 0 Å². The van der Waals surface area contributed by atoms with Crippen LogP contribution in [0.15, 0.2) is 24.4 Å². The Morgan fingerprint density at radius 3 is 2.75 bits per heavy atom. The van der Waals surface area contributed by atoms with Crippen LogP contribution in [-0.4, -0.2) is 34.5 Å². The van der Waals surface area contributed by atoms with E-state index in [1.807, 2.05) is 13.0 Å². The standard InChI is InChI=1S/C19H26N4O/c1-13-3-2-4-18(21-13)17-12-23(16-9-14(10-16)11-20)22-19(17)15-5-7-24-8-6-15/h2-4,12,14-16H,5-11,20H2,1H3. The Labute approximate surface area is 143 Å². The zero-order valence-electron chi connectivity index (χ0n) is 14.3. The van der Waals surface area contributed by atoms with Crippen LogP contribution in [0.2, 0.25) is 0 Å². The van der Waals surface area contributed by atoms with Crippen molar-refractivity contribution in [1.29, 1.82) is 0 Å². The predicted octanol–water partition coefficient (Wildman–Crippen LogP) is 3.06. The molecule has 5 heteroatoms. The summed E-state index contributed by atoms with van der Waals surface area (Å²) < 4.78 is 7.71. The molecule has 3 heterocycles. The lowest BCUT2D eigenvalue weighted by molar-refractivity contribution is 0.0841. The van der Waals surface area contributed by atoms with Crippen LogP contribution in [0.5, 0.6) is 0 Å². The minimum atomic E-state index is 0.475. The third-order valence-electron chi connectivity index (χ3n) is 5.45. The summed E-state index contributed by atoms with van der Waals surface area (Å²) in [6, 6.07) is 6.72. The number of hydrogen-bond donors (Lipinski definition) is 1. The van der Waals surface area contributed by atoms with Crippen molar-refractivity contribution in [2.24, 2.45) is 11.7 Å². The molecule has 1 aliphatic heterocycles. The lowest BCUT2D eigenvalue weighted by Crippen LogP contribution is -2.32. The average Bonchev–Trinajstić information content (AvgIpc) is 3.00. The molecule has 1 saturated heterocycles. The van der Waals surface area contributed by atoms with E-state index in [1.165, 1.54) is 11.3 Å². The van der Waals surface area contributed by atoms with Gasteiger partial charge in [0.25, 0.3) is 0 Å². The molecule has 2 N–H and O–H groups in total. The Morgan fingerprint density at radius 1 is 1.25 bits per heavy atom. The summed E-state index contributed by atoms with van der Waals surface area (Å²) in [4.78, 5) is 4.74. The van der Waals surface area contributed by atoms with Gasteiger partial charge in [0.15, 0.2) is 0 Å². The van der Waals surface area contributed by atoms with Crippen molar-refractivity contribution in [3.05, 3.63) is 35.8 Å². The maximum absolute atomic E-state index is 5.78. The molecular formula is C19H26N4O. The Bertz CT molecular complexity index is 699. The van der Waals surface area contributed by atoms with Crippen molar-refractivity contribution in [2.45, 2.75) is 44.6 Å². The average molecular weight is 326 g/mol. The van der Waals surface area contributed by atoms with Gasteiger partial charge in [0.05, 0.1) is 17.4 Å². The van der Waals surface area contributed by atoms with Crippen LogP contribution in [0.3, 0.4) is 0 Å². The van der Waals surface area contributed by atoms with Crippen molar-refractivity contribution in [2.75, 3.05) is 19.8 Å². The van der Waals surface area contributed by atoms with Gasteiger partial charge in [-0.3, -0.25) is 9.67 Å². The van der Waals surface area contributed by atoms with Gasteiger partial charge in [-0.15, -0.1) is 0 Å². The monoisotopic (exact) mass is 326 g/mol. The summed E-state index contributed by atoms with van der Waals surface area (Å²) in [5.74, 6) is 1.13. The lowest BCUT2D eigenvalue weighted by atomic mass is 9.80. The summed E-state index contributed by atoms with van der Waals surface area (Å²) in [5.41, 5.74) is 10.3. The first-order valence-electron chi connectivity index (χ1n) is 9.05. The third kappa shape index (κ3) is 2.98. The molecule has 0 radical (unpaired) electrons. The molecule has 0 spiro atoms. The van der Waals surface area contributed by atoms with Crippen molar-refractivity contribution in [3.8, 4) is 11.3 Å². The third-order valence-corrected chi connectivity index (χ3v) is 5.45. The van der Waals surface area contributed by atoms with E-state index in [0.717, 1.165) is 56.8 Å². The molecule has 0 amide bonds. The molecule has 2 aromatic heterocycles. The Kier molecular flexibility index (Phi) is 4.37. The van der Waals surface area contributed by atoms with Crippen molar-refractivity contribution >= 4 is 0 Å². The molecule has 128 valence electrons. The van der Waals surface area contributed by atoms with Gasteiger partial charge in [0.1, 0.15) is 0 Å². The fraction of sp³-hybridized carbons (Fsp3) is 0.579. The highest BCUT2D eigenvalue weighted by Crippen LogP contribution is 2.40. The summed E-state index contributed by atoms with van der Waals surface area (Å²) >= 11 is 0. The van der Waals surface area contributed by atoms with Crippen LogP contribution < -0.4 is 5.73 Å². The molecule has 0 unspecified atom stereocenters. The van der Waals surface area contributed by atoms with E-state index < -0.39 is 0 Å². The Balaban J connectivity index is 1.68. The van der Waals surface area contributed by atoms with Gasteiger partial charge in [-0.1, -0.05) is 6.07 Å². The number of pyridine rings is 1. The predicted molar refractivity (Wildman–Crippen MR) is 93.8 cm³/mol. The van der Waals surface area contributed by atoms with E-state index in [9.17, 15) is 0 Å². The highest BCUT2D eigenvalue weighted by molar-refractivity contribution is 5.62. The number of hydrogen-bond acceptors (Lipinski definition) is 4. The second-order valence-corrected chi connectivity index (χ2v) is 7.19. The number of aromatic nitrogens is 3. The van der Waals surface area contributed by atoms with Crippen LogP contribution in [0.1, 0.15) is 49.0 Å². The van der Waals surface area contributed by atoms with E-state index in [0.29, 0.717) is 17.9 Å². The quantitative estimate of drug-likeness (QED) is 0.938. The second kappa shape index (κ2) is 6.65. The number of aryl methyl sites for hydroxylation is 1. The maximum Gasteiger partial charge on any atom is 0.0751 e. The van der Waals surface area contributed by atoms with E-state index in [2.05, 4.69) is 23.0 Å². The molecule has 1 saturated carbocycles. The first-order chi connectivity index (χ1) is 11.7. The highest BCUT2D eigenvalue weighted by Gasteiger charge is 2.32. The molecule has 1 aliphatic carbocycles. The van der Waals surface area contributed by atoms with Crippen molar-refractivity contribution in [1.82, 2.24) is 14.8 Å². The summed E-state index contributed by atoms with van der Waals surface area (Å²) in [5, 5.41) is 5.01. The topological polar surface area (TPSA) is 66.0 Å². The van der Waals surface area contributed by atoms with Gasteiger partial charge >= 0.3 is 0 Å². The first kappa shape index (κ1) is 15.8. The van der Waals surface area contributed by atoms with Crippen LogP contribution in [-0.2, 0) is 4.74 Å². The van der Waals surface area contributed by atoms with Crippen LogP contribution in [0, 0.1) is 12.8 Å². The molecule has 2 aliphatic rings. The summed E-state index contributed by atoms with van der Waals surface area (Å²) in [6.45, 7) is 4.49. The zero-order chi connectivity index (χ0) is 16.5. The fourth-order valence-corrected chi connectivity index (χ4v) is 3.86. The van der Waals surface area contributed by atoms with Gasteiger partial charge in [0, 0.05) is 36.6 Å². The van der Waals surface area contributed by atoms with E-state index >= 15 is 0 Å². The summed E-state index contributed by atoms with van der Waals surface area (Å²) in [7, 11) is 0. The zero-order valence-corrected chi connectivity index (χ0v) is 14.3. The molecule has 0 aromatic carbocycles. The Hall–Kier alpha value is -1.72. The van der Waals surface area contributed by atoms with Gasteiger partial charge in [-0.05, 0) is 57.2 Å². The smallest absolute Gasteiger partial charge is 0.0751 e. The van der Waals surface area contributed by atoms with Crippen LogP contribution in [0.4, 0.5) is 0 Å². The highest BCUT2D eigenvalue weighted by atomic mass is 16.5. The van der Waals surface area contributed by atoms with Crippen LogP contribution >= 0.6 is 0 Å². The summed E-state index contributed by atoms with van der Waals surface area (Å²) in [6.07, 6.45) is 6.60. The molecule has 0 atom stereocenters. The molecule has 24 heavy (non-hydrogen) atoms. The molecule has 5 nitrogen and oxygen atoms in total. The first-order valence-corrected chi connectivity index (χ1v) is 9.05. The number of ether oxygens (including phenoxy) is 1. The van der Waals surface area contributed by atoms with Crippen LogP contribution in [0.25, 0.3) is 11.3 Å². The van der Waals surface area contributed by atoms with E-state index in [-0.39, 0.29) is 0 Å². The minimum absolute atomic E-state index is 0.475. The van der Waals surface area contributed by atoms with Gasteiger partial charge < -0.3 is 10.5 Å².